The van der Waals surface area contributed by atoms with Gasteiger partial charge < -0.3 is 14.8 Å². The molecule has 0 spiro atoms. The maximum absolute atomic E-state index is 11.6. The second kappa shape index (κ2) is 7.50. The van der Waals surface area contributed by atoms with E-state index in [0.29, 0.717) is 24.8 Å². The van der Waals surface area contributed by atoms with Gasteiger partial charge in [0.1, 0.15) is 5.60 Å². The molecule has 0 unspecified atom stereocenters. The first-order valence-corrected chi connectivity index (χ1v) is 7.34. The van der Waals surface area contributed by atoms with Crippen LogP contribution in [0.4, 0.5) is 4.79 Å². The standard InChI is InChI=1S/C15H27NO4/c1-15(2,3)20-14(18)16-10-12-7-5-11(6-8-12)9-13(17)19-4/h11-12H,5-10H2,1-4H3,(H,16,18)/t11-,12-. The average Bonchev–Trinajstić information content (AvgIpc) is 2.36. The molecular formula is C15H27NO4. The predicted octanol–water partition coefficient (Wildman–Crippen LogP) is 2.88. The summed E-state index contributed by atoms with van der Waals surface area (Å²) >= 11 is 0. The van der Waals surface area contributed by atoms with Gasteiger partial charge in [-0.2, -0.15) is 0 Å². The van der Waals surface area contributed by atoms with Gasteiger partial charge in [-0.1, -0.05) is 0 Å². The van der Waals surface area contributed by atoms with Gasteiger partial charge in [0.25, 0.3) is 0 Å². The van der Waals surface area contributed by atoms with E-state index < -0.39 is 5.60 Å². The first-order chi connectivity index (χ1) is 9.30. The first kappa shape index (κ1) is 16.8. The van der Waals surface area contributed by atoms with Crippen molar-refractivity contribution < 1.29 is 19.1 Å². The fourth-order valence-electron chi connectivity index (χ4n) is 2.50. The molecule has 0 radical (unpaired) electrons. The molecule has 116 valence electrons. The van der Waals surface area contributed by atoms with Gasteiger partial charge in [-0.25, -0.2) is 4.79 Å². The Bertz CT molecular complexity index is 327. The second-order valence-corrected chi connectivity index (χ2v) is 6.55. The highest BCUT2D eigenvalue weighted by Crippen LogP contribution is 2.30. The lowest BCUT2D eigenvalue weighted by atomic mass is 9.80. The third-order valence-electron chi connectivity index (χ3n) is 3.58. The first-order valence-electron chi connectivity index (χ1n) is 7.34. The minimum absolute atomic E-state index is 0.125. The van der Waals surface area contributed by atoms with E-state index in [2.05, 4.69) is 5.32 Å². The monoisotopic (exact) mass is 285 g/mol. The highest BCUT2D eigenvalue weighted by molar-refractivity contribution is 5.69. The van der Waals surface area contributed by atoms with Crippen molar-refractivity contribution in [1.29, 1.82) is 0 Å². The SMILES string of the molecule is COC(=O)C[C@H]1CC[C@H](CNC(=O)OC(C)(C)C)CC1. The van der Waals surface area contributed by atoms with Crippen molar-refractivity contribution in [2.75, 3.05) is 13.7 Å². The molecule has 0 aromatic carbocycles. The highest BCUT2D eigenvalue weighted by atomic mass is 16.6. The van der Waals surface area contributed by atoms with E-state index in [9.17, 15) is 9.59 Å². The zero-order chi connectivity index (χ0) is 15.2. The van der Waals surface area contributed by atoms with E-state index in [1.165, 1.54) is 7.11 Å². The molecule has 0 aromatic heterocycles. The van der Waals surface area contributed by atoms with Crippen LogP contribution >= 0.6 is 0 Å². The number of esters is 1. The zero-order valence-electron chi connectivity index (χ0n) is 13.0. The van der Waals surface area contributed by atoms with Gasteiger partial charge in [-0.15, -0.1) is 0 Å². The van der Waals surface area contributed by atoms with Crippen LogP contribution in [0.15, 0.2) is 0 Å². The normalized spacial score (nSPS) is 23.0. The van der Waals surface area contributed by atoms with Crippen LogP contribution in [0.25, 0.3) is 0 Å². The van der Waals surface area contributed by atoms with Gasteiger partial charge >= 0.3 is 12.1 Å². The number of rotatable bonds is 4. The molecule has 1 amide bonds. The zero-order valence-corrected chi connectivity index (χ0v) is 13.0. The molecule has 0 atom stereocenters. The van der Waals surface area contributed by atoms with E-state index in [1.54, 1.807) is 0 Å². The molecular weight excluding hydrogens is 258 g/mol. The molecule has 5 heteroatoms. The summed E-state index contributed by atoms with van der Waals surface area (Å²) in [5, 5.41) is 2.82. The lowest BCUT2D eigenvalue weighted by Gasteiger charge is -2.28. The van der Waals surface area contributed by atoms with Gasteiger partial charge in [0, 0.05) is 13.0 Å². The van der Waals surface area contributed by atoms with Gasteiger partial charge in [-0.05, 0) is 58.3 Å². The largest absolute Gasteiger partial charge is 0.469 e. The lowest BCUT2D eigenvalue weighted by Crippen LogP contribution is -2.36. The molecule has 1 N–H and O–H groups in total. The maximum atomic E-state index is 11.6. The fraction of sp³-hybridized carbons (Fsp3) is 0.867. The molecule has 5 nitrogen and oxygen atoms in total. The van der Waals surface area contributed by atoms with Crippen LogP contribution in [0.2, 0.25) is 0 Å². The minimum Gasteiger partial charge on any atom is -0.469 e. The third kappa shape index (κ3) is 6.78. The molecule has 0 saturated heterocycles. The molecule has 1 aliphatic carbocycles. The van der Waals surface area contributed by atoms with Gasteiger partial charge in [-0.3, -0.25) is 4.79 Å². The number of hydrogen-bond donors (Lipinski definition) is 1. The average molecular weight is 285 g/mol. The summed E-state index contributed by atoms with van der Waals surface area (Å²) in [4.78, 5) is 22.8. The van der Waals surface area contributed by atoms with Crippen molar-refractivity contribution in [2.45, 2.75) is 58.5 Å². The highest BCUT2D eigenvalue weighted by Gasteiger charge is 2.24. The topological polar surface area (TPSA) is 64.6 Å². The van der Waals surface area contributed by atoms with Crippen LogP contribution < -0.4 is 5.32 Å². The number of carbonyl (C=O) groups excluding carboxylic acids is 2. The fourth-order valence-corrected chi connectivity index (χ4v) is 2.50. The Morgan fingerprint density at radius 1 is 1.10 bits per heavy atom. The predicted molar refractivity (Wildman–Crippen MR) is 76.3 cm³/mol. The number of nitrogens with one attached hydrogen (secondary N) is 1. The van der Waals surface area contributed by atoms with Gasteiger partial charge in [0.05, 0.1) is 7.11 Å². The number of hydrogen-bond acceptors (Lipinski definition) is 4. The molecule has 1 rings (SSSR count). The molecule has 0 aromatic rings. The smallest absolute Gasteiger partial charge is 0.407 e. The Morgan fingerprint density at radius 3 is 2.15 bits per heavy atom. The third-order valence-corrected chi connectivity index (χ3v) is 3.58. The molecule has 20 heavy (non-hydrogen) atoms. The molecule has 0 bridgehead atoms. The van der Waals surface area contributed by atoms with Crippen molar-refractivity contribution in [1.82, 2.24) is 5.32 Å². The Kier molecular flexibility index (Phi) is 6.30. The Balaban J connectivity index is 2.19. The summed E-state index contributed by atoms with van der Waals surface area (Å²) < 4.78 is 9.90. The Hall–Kier alpha value is -1.26. The van der Waals surface area contributed by atoms with Gasteiger partial charge in [0.2, 0.25) is 0 Å². The number of amides is 1. The summed E-state index contributed by atoms with van der Waals surface area (Å²) in [5.74, 6) is 0.789. The maximum Gasteiger partial charge on any atom is 0.407 e. The van der Waals surface area contributed by atoms with Crippen molar-refractivity contribution in [3.05, 3.63) is 0 Å². The summed E-state index contributed by atoms with van der Waals surface area (Å²) in [6.45, 7) is 6.21. The van der Waals surface area contributed by atoms with Crippen LogP contribution in [-0.4, -0.2) is 31.3 Å². The number of alkyl carbamates (subject to hydrolysis) is 1. The summed E-state index contributed by atoms with van der Waals surface area (Å²) in [7, 11) is 1.43. The van der Waals surface area contributed by atoms with E-state index in [4.69, 9.17) is 9.47 Å². The van der Waals surface area contributed by atoms with Crippen molar-refractivity contribution >= 4 is 12.1 Å². The van der Waals surface area contributed by atoms with Gasteiger partial charge in [0.15, 0.2) is 0 Å². The number of carbonyl (C=O) groups is 2. The van der Waals surface area contributed by atoms with E-state index in [0.717, 1.165) is 25.7 Å². The molecule has 1 saturated carbocycles. The van der Waals surface area contributed by atoms with Crippen molar-refractivity contribution in [2.24, 2.45) is 11.8 Å². The van der Waals surface area contributed by atoms with E-state index in [-0.39, 0.29) is 12.1 Å². The lowest BCUT2D eigenvalue weighted by molar-refractivity contribution is -0.142. The van der Waals surface area contributed by atoms with Crippen LogP contribution in [0, 0.1) is 11.8 Å². The molecule has 0 heterocycles. The van der Waals surface area contributed by atoms with Crippen LogP contribution in [0.1, 0.15) is 52.9 Å². The summed E-state index contributed by atoms with van der Waals surface area (Å²) in [6, 6.07) is 0. The Labute approximate surface area is 121 Å². The summed E-state index contributed by atoms with van der Waals surface area (Å²) in [5.41, 5.74) is -0.456. The molecule has 0 aliphatic heterocycles. The Morgan fingerprint density at radius 2 is 1.65 bits per heavy atom. The van der Waals surface area contributed by atoms with E-state index >= 15 is 0 Å². The van der Waals surface area contributed by atoms with Crippen molar-refractivity contribution in [3.8, 4) is 0 Å². The van der Waals surface area contributed by atoms with Crippen molar-refractivity contribution in [3.63, 3.8) is 0 Å². The minimum atomic E-state index is -0.456. The van der Waals surface area contributed by atoms with Crippen LogP contribution in [0.5, 0.6) is 0 Å². The van der Waals surface area contributed by atoms with Crippen LogP contribution in [-0.2, 0) is 14.3 Å². The van der Waals surface area contributed by atoms with Crippen LogP contribution in [0.3, 0.4) is 0 Å². The number of methoxy groups -OCH3 is 1. The molecule has 1 fully saturated rings. The molecule has 1 aliphatic rings. The summed E-state index contributed by atoms with van der Waals surface area (Å²) in [6.07, 6.45) is 4.29. The quantitative estimate of drug-likeness (QED) is 0.807. The van der Waals surface area contributed by atoms with E-state index in [1.807, 2.05) is 20.8 Å². The second-order valence-electron chi connectivity index (χ2n) is 6.55. The number of ether oxygens (including phenoxy) is 2.